The summed E-state index contributed by atoms with van der Waals surface area (Å²) >= 11 is 0. The quantitative estimate of drug-likeness (QED) is 0.0210. The fourth-order valence-corrected chi connectivity index (χ4v) is 6.20. The van der Waals surface area contributed by atoms with Gasteiger partial charge in [0.25, 0.3) is 0 Å². The molecule has 0 saturated carbocycles. The van der Waals surface area contributed by atoms with Crippen molar-refractivity contribution in [1.82, 2.24) is 0 Å². The molecule has 8 nitrogen and oxygen atoms in total. The Labute approximate surface area is 319 Å². The molecule has 0 bridgehead atoms. The summed E-state index contributed by atoms with van der Waals surface area (Å²) in [5.41, 5.74) is 5.35. The molecule has 0 spiro atoms. The fraction of sp³-hybridized carbons (Fsp3) is 0.744. The largest absolute Gasteiger partial charge is 0.498 e. The zero-order valence-corrected chi connectivity index (χ0v) is 34.2. The van der Waals surface area contributed by atoms with Gasteiger partial charge in [-0.2, -0.15) is 0 Å². The van der Waals surface area contributed by atoms with Gasteiger partial charge < -0.3 is 20.1 Å². The van der Waals surface area contributed by atoms with Crippen LogP contribution in [-0.2, 0) is 27.9 Å². The molecule has 0 aliphatic rings. The van der Waals surface area contributed by atoms with Crippen molar-refractivity contribution in [2.24, 2.45) is 5.73 Å². The molecule has 2 atom stereocenters. The summed E-state index contributed by atoms with van der Waals surface area (Å²) in [7, 11) is -4.31. The highest BCUT2D eigenvalue weighted by molar-refractivity contribution is 7.47. The Hall–Kier alpha value is -1.96. The summed E-state index contributed by atoms with van der Waals surface area (Å²) in [5.74, 6) is -0.431. The van der Waals surface area contributed by atoms with Crippen LogP contribution in [0.1, 0.15) is 174 Å². The maximum atomic E-state index is 12.5. The minimum Gasteiger partial charge on any atom is -0.498 e. The molecule has 3 N–H and O–H groups in total. The van der Waals surface area contributed by atoms with Crippen LogP contribution in [0.5, 0.6) is 0 Å². The molecule has 0 aliphatic heterocycles. The molecule has 0 amide bonds. The van der Waals surface area contributed by atoms with Gasteiger partial charge in [-0.15, -0.1) is 0 Å². The first kappa shape index (κ1) is 50.0. The third-order valence-corrected chi connectivity index (χ3v) is 9.50. The fourth-order valence-electron chi connectivity index (χ4n) is 5.44. The van der Waals surface area contributed by atoms with Gasteiger partial charge in [0.05, 0.1) is 19.5 Å². The highest BCUT2D eigenvalue weighted by Gasteiger charge is 2.25. The van der Waals surface area contributed by atoms with E-state index in [4.69, 9.17) is 24.3 Å². The lowest BCUT2D eigenvalue weighted by Crippen LogP contribution is -2.27. The van der Waals surface area contributed by atoms with Crippen molar-refractivity contribution in [3.8, 4) is 0 Å². The number of hydrogen-bond acceptors (Lipinski definition) is 7. The van der Waals surface area contributed by atoms with Gasteiger partial charge in [-0.25, -0.2) is 4.57 Å². The number of carbonyl (C=O) groups is 1. The van der Waals surface area contributed by atoms with Crippen LogP contribution in [0, 0.1) is 0 Å². The zero-order valence-electron chi connectivity index (χ0n) is 33.3. The Kier molecular flexibility index (Phi) is 38.7. The van der Waals surface area contributed by atoms with Gasteiger partial charge in [0.2, 0.25) is 0 Å². The van der Waals surface area contributed by atoms with Crippen molar-refractivity contribution >= 4 is 13.8 Å². The third kappa shape index (κ3) is 39.3. The van der Waals surface area contributed by atoms with Gasteiger partial charge in [-0.1, -0.05) is 165 Å². The van der Waals surface area contributed by atoms with Gasteiger partial charge in [0.15, 0.2) is 6.10 Å². The monoisotopic (exact) mass is 752 g/mol. The number of esters is 1. The smallest absolute Gasteiger partial charge is 0.472 e. The first-order valence-electron chi connectivity index (χ1n) is 20.8. The lowest BCUT2D eigenvalue weighted by atomic mass is 10.0. The topological polar surface area (TPSA) is 117 Å². The molecule has 0 aromatic rings. The molecular formula is C43H78NO7P. The molecule has 0 aliphatic carbocycles. The maximum absolute atomic E-state index is 12.5. The number of allylic oxidation sites excluding steroid dienone is 9. The maximum Gasteiger partial charge on any atom is 0.472 e. The summed E-state index contributed by atoms with van der Waals surface area (Å²) in [4.78, 5) is 22.4. The van der Waals surface area contributed by atoms with E-state index >= 15 is 0 Å². The van der Waals surface area contributed by atoms with Gasteiger partial charge in [-0.3, -0.25) is 13.8 Å². The molecule has 2 unspecified atom stereocenters. The average Bonchev–Trinajstić information content (AvgIpc) is 3.13. The van der Waals surface area contributed by atoms with Crippen molar-refractivity contribution in [3.05, 3.63) is 60.9 Å². The second-order valence-corrected chi connectivity index (χ2v) is 15.0. The standard InChI is InChI=1S/C43H78NO7P/c1-3-5-7-9-11-13-15-17-19-20-21-22-23-24-26-28-30-32-34-36-43(45)51-42(41-50-52(46,47)49-39-37-44)40-48-38-35-33-31-29-27-25-18-16-14-12-10-8-6-4-2/h17,19,21-22,24,26,30,32,35,38,42H,3-16,18,20,23,25,27-29,31,33-34,36-37,39-41,44H2,1-2H3,(H,46,47). The predicted octanol–water partition coefficient (Wildman–Crippen LogP) is 12.5. The van der Waals surface area contributed by atoms with Crippen molar-refractivity contribution in [1.29, 1.82) is 0 Å². The zero-order chi connectivity index (χ0) is 38.1. The second kappa shape index (κ2) is 40.2. The number of nitrogens with two attached hydrogens (primary N) is 1. The van der Waals surface area contributed by atoms with Crippen molar-refractivity contribution in [2.75, 3.05) is 26.4 Å². The lowest BCUT2D eigenvalue weighted by Gasteiger charge is -2.19. The summed E-state index contributed by atoms with van der Waals surface area (Å²) in [5, 5.41) is 0. The van der Waals surface area contributed by atoms with Gasteiger partial charge in [0.1, 0.15) is 6.61 Å². The molecule has 0 rings (SSSR count). The molecule has 0 aromatic heterocycles. The molecule has 0 aromatic carbocycles. The number of rotatable bonds is 39. The molecule has 0 fully saturated rings. The Balaban J connectivity index is 4.24. The minimum atomic E-state index is -4.31. The first-order chi connectivity index (χ1) is 25.4. The van der Waals surface area contributed by atoms with E-state index in [2.05, 4.69) is 50.3 Å². The summed E-state index contributed by atoms with van der Waals surface area (Å²) in [6, 6.07) is 0. The molecular weight excluding hydrogens is 673 g/mol. The molecule has 52 heavy (non-hydrogen) atoms. The summed E-state index contributed by atoms with van der Waals surface area (Å²) in [6.45, 7) is 4.14. The summed E-state index contributed by atoms with van der Waals surface area (Å²) < 4.78 is 33.0. The first-order valence-corrected chi connectivity index (χ1v) is 22.3. The van der Waals surface area contributed by atoms with E-state index in [0.29, 0.717) is 6.42 Å². The van der Waals surface area contributed by atoms with E-state index in [9.17, 15) is 14.3 Å². The third-order valence-electron chi connectivity index (χ3n) is 8.52. The van der Waals surface area contributed by atoms with Gasteiger partial charge in [-0.05, 0) is 57.4 Å². The van der Waals surface area contributed by atoms with Crippen LogP contribution in [-0.4, -0.2) is 43.3 Å². The van der Waals surface area contributed by atoms with E-state index in [0.717, 1.165) is 32.1 Å². The number of ether oxygens (including phenoxy) is 2. The molecule has 0 saturated heterocycles. The number of unbranched alkanes of at least 4 members (excludes halogenated alkanes) is 18. The van der Waals surface area contributed by atoms with E-state index in [1.54, 1.807) is 6.26 Å². The van der Waals surface area contributed by atoms with Crippen LogP contribution in [0.25, 0.3) is 0 Å². The van der Waals surface area contributed by atoms with Crippen molar-refractivity contribution in [2.45, 2.75) is 180 Å². The van der Waals surface area contributed by atoms with E-state index in [1.165, 1.54) is 116 Å². The number of hydrogen-bond donors (Lipinski definition) is 2. The Morgan fingerprint density at radius 3 is 1.54 bits per heavy atom. The highest BCUT2D eigenvalue weighted by Crippen LogP contribution is 2.43. The van der Waals surface area contributed by atoms with Crippen LogP contribution in [0.3, 0.4) is 0 Å². The molecule has 9 heteroatoms. The van der Waals surface area contributed by atoms with Crippen molar-refractivity contribution < 1.29 is 32.8 Å². The summed E-state index contributed by atoms with van der Waals surface area (Å²) in [6.07, 6.45) is 49.2. The van der Waals surface area contributed by atoms with Crippen LogP contribution < -0.4 is 5.73 Å². The SMILES string of the molecule is CCCCCCCCC=CCC=CCC=CCC=CCCC(=O)OC(COC=CCCCCCCCCCCCCCC)COP(=O)(O)OCCN. The molecule has 302 valence electrons. The van der Waals surface area contributed by atoms with Crippen LogP contribution in [0.15, 0.2) is 60.9 Å². The molecule has 0 heterocycles. The minimum absolute atomic E-state index is 0.00212. The van der Waals surface area contributed by atoms with Gasteiger partial charge >= 0.3 is 13.8 Å². The Bertz CT molecular complexity index is 979. The van der Waals surface area contributed by atoms with Crippen LogP contribution in [0.4, 0.5) is 0 Å². The highest BCUT2D eigenvalue weighted by atomic mass is 31.2. The number of phosphoric acid groups is 1. The van der Waals surface area contributed by atoms with E-state index < -0.39 is 19.9 Å². The number of phosphoric ester groups is 1. The number of carbonyl (C=O) groups excluding carboxylic acids is 1. The van der Waals surface area contributed by atoms with Gasteiger partial charge in [0, 0.05) is 13.0 Å². The van der Waals surface area contributed by atoms with Crippen LogP contribution >= 0.6 is 7.82 Å². The average molecular weight is 752 g/mol. The van der Waals surface area contributed by atoms with Crippen molar-refractivity contribution in [3.63, 3.8) is 0 Å². The van der Waals surface area contributed by atoms with E-state index in [-0.39, 0.29) is 32.8 Å². The second-order valence-electron chi connectivity index (χ2n) is 13.6. The Morgan fingerprint density at radius 1 is 0.596 bits per heavy atom. The predicted molar refractivity (Wildman–Crippen MR) is 219 cm³/mol. The lowest BCUT2D eigenvalue weighted by molar-refractivity contribution is -0.153. The van der Waals surface area contributed by atoms with Crippen LogP contribution in [0.2, 0.25) is 0 Å². The molecule has 0 radical (unpaired) electrons. The normalized spacial score (nSPS) is 14.1. The van der Waals surface area contributed by atoms with E-state index in [1.807, 2.05) is 18.2 Å². The Morgan fingerprint density at radius 2 is 1.04 bits per heavy atom.